The van der Waals surface area contributed by atoms with Crippen molar-refractivity contribution in [3.63, 3.8) is 0 Å². The van der Waals surface area contributed by atoms with Gasteiger partial charge in [0, 0.05) is 0 Å². The second-order valence-electron chi connectivity index (χ2n) is 2.84. The Labute approximate surface area is 70.5 Å². The van der Waals surface area contributed by atoms with Crippen LogP contribution in [0.3, 0.4) is 0 Å². The summed E-state index contributed by atoms with van der Waals surface area (Å²) in [5.41, 5.74) is 5.60. The Bertz CT molecular complexity index is 68.1. The summed E-state index contributed by atoms with van der Waals surface area (Å²) < 4.78 is 2.61. The Kier molecular flexibility index (Phi) is 6.58. The molecule has 2 N–H and O–H groups in total. The maximum absolute atomic E-state index is 5.60. The van der Waals surface area contributed by atoms with E-state index in [0.717, 1.165) is 0 Å². The molecule has 0 aromatic heterocycles. The van der Waals surface area contributed by atoms with Crippen LogP contribution in [0.4, 0.5) is 0 Å². The molecule has 0 spiro atoms. The van der Waals surface area contributed by atoms with Crippen LogP contribution in [-0.4, -0.2) is 29.6 Å². The molecule has 0 aromatic carbocycles. The van der Waals surface area contributed by atoms with Crippen molar-refractivity contribution >= 4 is 32.4 Å². The van der Waals surface area contributed by atoms with Crippen molar-refractivity contribution in [3.05, 3.63) is 0 Å². The molecular weight excluding hydrogens is 237 g/mol. The van der Waals surface area contributed by atoms with E-state index in [2.05, 4.69) is 24.5 Å². The molecule has 0 radical (unpaired) electrons. The Morgan fingerprint density at radius 2 is 2.22 bits per heavy atom. The molecule has 2 unspecified atom stereocenters. The van der Waals surface area contributed by atoms with Crippen molar-refractivity contribution in [2.75, 3.05) is 3.77 Å². The third-order valence-electron chi connectivity index (χ3n) is 1.43. The summed E-state index contributed by atoms with van der Waals surface area (Å²) in [5.74, 6) is 0. The van der Waals surface area contributed by atoms with Crippen LogP contribution in [-0.2, 0) is 0 Å². The van der Waals surface area contributed by atoms with E-state index in [1.165, 1.54) is 14.6 Å². The molecule has 0 bridgehead atoms. The molecule has 9 heavy (non-hydrogen) atoms. The fourth-order valence-corrected chi connectivity index (χ4v) is 5.51. The number of hydrogen-bond donors (Lipinski definition) is 2. The van der Waals surface area contributed by atoms with E-state index in [1.54, 1.807) is 0 Å². The van der Waals surface area contributed by atoms with Gasteiger partial charge in [-0.05, 0) is 0 Å². The van der Waals surface area contributed by atoms with E-state index in [9.17, 15) is 0 Å². The van der Waals surface area contributed by atoms with Gasteiger partial charge in [-0.1, -0.05) is 0 Å². The Morgan fingerprint density at radius 1 is 1.67 bits per heavy atom. The van der Waals surface area contributed by atoms with Gasteiger partial charge in [0.1, 0.15) is 0 Å². The number of rotatable bonds is 4. The van der Waals surface area contributed by atoms with Crippen LogP contribution in [0.25, 0.3) is 0 Å². The van der Waals surface area contributed by atoms with Crippen molar-refractivity contribution in [1.29, 1.82) is 0 Å². The molecule has 2 atom stereocenters. The normalized spacial score (nSPS) is 17.3. The first-order valence-corrected chi connectivity index (χ1v) is 12.1. The minimum atomic E-state index is -1.05. The molecule has 56 valence electrons. The van der Waals surface area contributed by atoms with Crippen molar-refractivity contribution in [2.24, 2.45) is 5.73 Å². The quantitative estimate of drug-likeness (QED) is 0.569. The van der Waals surface area contributed by atoms with Crippen molar-refractivity contribution in [2.45, 2.75) is 28.8 Å². The first-order chi connectivity index (χ1) is 4.16. The predicted octanol–water partition coefficient (Wildman–Crippen LogP) is 1.05. The van der Waals surface area contributed by atoms with Gasteiger partial charge in [-0.2, -0.15) is 0 Å². The van der Waals surface area contributed by atoms with Gasteiger partial charge in [0.05, 0.1) is 0 Å². The summed E-state index contributed by atoms with van der Waals surface area (Å²) in [6, 6.07) is 0.407. The SMILES string of the molecule is CC(N)C[CH2][SnH]([CH3])[CH2]S. The topological polar surface area (TPSA) is 26.0 Å². The van der Waals surface area contributed by atoms with Gasteiger partial charge in [0.25, 0.3) is 0 Å². The van der Waals surface area contributed by atoms with Gasteiger partial charge in [0.15, 0.2) is 0 Å². The van der Waals surface area contributed by atoms with Crippen molar-refractivity contribution in [1.82, 2.24) is 0 Å². The van der Waals surface area contributed by atoms with Crippen LogP contribution < -0.4 is 5.73 Å². The Hall–Kier alpha value is 1.11. The summed E-state index contributed by atoms with van der Waals surface area (Å²) in [6.07, 6.45) is 1.22. The van der Waals surface area contributed by atoms with E-state index in [4.69, 9.17) is 5.73 Å². The second kappa shape index (κ2) is 5.86. The Balaban J connectivity index is 3.06. The van der Waals surface area contributed by atoms with E-state index >= 15 is 0 Å². The molecule has 3 heteroatoms. The average molecular weight is 254 g/mol. The molecule has 0 saturated carbocycles. The molecule has 0 aromatic rings. The zero-order chi connectivity index (χ0) is 7.28. The van der Waals surface area contributed by atoms with E-state index in [1.807, 2.05) is 0 Å². The fraction of sp³-hybridized carbons (Fsp3) is 1.00. The number of hydrogen-bond acceptors (Lipinski definition) is 2. The van der Waals surface area contributed by atoms with E-state index < -0.39 is 19.8 Å². The Morgan fingerprint density at radius 3 is 2.56 bits per heavy atom. The molecular formula is C6H17NSSn. The first-order valence-electron chi connectivity index (χ1n) is 3.53. The zero-order valence-electron chi connectivity index (χ0n) is 6.30. The van der Waals surface area contributed by atoms with Gasteiger partial charge in [-0.3, -0.25) is 0 Å². The van der Waals surface area contributed by atoms with Gasteiger partial charge in [-0.15, -0.1) is 0 Å². The van der Waals surface area contributed by atoms with Crippen molar-refractivity contribution < 1.29 is 0 Å². The van der Waals surface area contributed by atoms with Crippen LogP contribution in [0.1, 0.15) is 13.3 Å². The van der Waals surface area contributed by atoms with Gasteiger partial charge in [-0.25, -0.2) is 0 Å². The third kappa shape index (κ3) is 7.00. The molecule has 0 rings (SSSR count). The summed E-state index contributed by atoms with van der Waals surface area (Å²) in [6.45, 7) is 2.08. The van der Waals surface area contributed by atoms with Gasteiger partial charge >= 0.3 is 70.7 Å². The minimum absolute atomic E-state index is 0.407. The second-order valence-corrected chi connectivity index (χ2v) is 14.3. The van der Waals surface area contributed by atoms with E-state index in [0.29, 0.717) is 6.04 Å². The van der Waals surface area contributed by atoms with Crippen LogP contribution in [0.2, 0.25) is 9.38 Å². The summed E-state index contributed by atoms with van der Waals surface area (Å²) >= 11 is 3.22. The standard InChI is InChI=1S/C4H10N.CH3S.CH3.Sn.H/c1-3-4(2)5;1-2;;;/h4H,1,3,5H2,2H3;2H,1H2;1H3;;. The summed E-state index contributed by atoms with van der Waals surface area (Å²) in [5, 5.41) is 0. The van der Waals surface area contributed by atoms with Crippen LogP contribution in [0, 0.1) is 0 Å². The van der Waals surface area contributed by atoms with Gasteiger partial charge < -0.3 is 0 Å². The van der Waals surface area contributed by atoms with E-state index in [-0.39, 0.29) is 0 Å². The zero-order valence-corrected chi connectivity index (χ0v) is 10.5. The molecule has 0 aliphatic rings. The number of thiol groups is 1. The number of nitrogens with two attached hydrogens (primary N) is 1. The third-order valence-corrected chi connectivity index (χ3v) is 11.2. The molecule has 0 fully saturated rings. The van der Waals surface area contributed by atoms with Crippen LogP contribution in [0.5, 0.6) is 0 Å². The van der Waals surface area contributed by atoms with Gasteiger partial charge in [0.2, 0.25) is 0 Å². The van der Waals surface area contributed by atoms with Crippen LogP contribution in [0.15, 0.2) is 0 Å². The monoisotopic (exact) mass is 255 g/mol. The predicted molar refractivity (Wildman–Crippen MR) is 49.9 cm³/mol. The molecule has 0 heterocycles. The molecule has 0 aliphatic heterocycles. The fourth-order valence-electron chi connectivity index (χ4n) is 0.639. The maximum atomic E-state index is 5.60. The molecule has 0 aliphatic carbocycles. The average Bonchev–Trinajstić information content (AvgIpc) is 1.83. The van der Waals surface area contributed by atoms with Crippen molar-refractivity contribution in [3.8, 4) is 0 Å². The molecule has 0 amide bonds. The van der Waals surface area contributed by atoms with Crippen LogP contribution >= 0.6 is 12.6 Å². The molecule has 1 nitrogen and oxygen atoms in total. The summed E-state index contributed by atoms with van der Waals surface area (Å²) in [4.78, 5) is 2.41. The molecule has 0 saturated heterocycles. The summed E-state index contributed by atoms with van der Waals surface area (Å²) in [7, 11) is 0. The first kappa shape index (κ1) is 10.1.